The van der Waals surface area contributed by atoms with Crippen LogP contribution >= 0.6 is 0 Å². The molecule has 7 heteroatoms. The van der Waals surface area contributed by atoms with E-state index in [2.05, 4.69) is 19.2 Å². The minimum absolute atomic E-state index is 0.134. The number of benzene rings is 2. The highest BCUT2D eigenvalue weighted by Crippen LogP contribution is 2.31. The second-order valence-corrected chi connectivity index (χ2v) is 7.13. The minimum Gasteiger partial charge on any atom is -0.445 e. The molecule has 0 saturated carbocycles. The third-order valence-corrected chi connectivity index (χ3v) is 4.66. The van der Waals surface area contributed by atoms with Crippen LogP contribution in [0.3, 0.4) is 0 Å². The third-order valence-electron chi connectivity index (χ3n) is 4.66. The number of carbonyl (C=O) groups excluding carboxylic acids is 2. The van der Waals surface area contributed by atoms with Crippen LogP contribution in [0.25, 0.3) is 0 Å². The molecule has 0 radical (unpaired) electrons. The highest BCUT2D eigenvalue weighted by atomic mass is 16.6. The largest absolute Gasteiger partial charge is 0.445 e. The fourth-order valence-electron chi connectivity index (χ4n) is 3.06. The number of non-ortho nitro benzene ring substituents is 1. The maximum Gasteiger partial charge on any atom is 0.339 e. The average Bonchev–Trinajstić information content (AvgIpc) is 2.61. The Labute approximate surface area is 156 Å². The summed E-state index contributed by atoms with van der Waals surface area (Å²) in [5, 5.41) is 13.5. The molecule has 0 spiro atoms. The van der Waals surface area contributed by atoms with E-state index in [9.17, 15) is 19.7 Å². The van der Waals surface area contributed by atoms with Gasteiger partial charge in [0.25, 0.3) is 11.6 Å². The van der Waals surface area contributed by atoms with Gasteiger partial charge < -0.3 is 10.1 Å². The van der Waals surface area contributed by atoms with Crippen molar-refractivity contribution in [1.82, 2.24) is 0 Å². The molecule has 2 aromatic rings. The molecule has 1 aliphatic heterocycles. The molecule has 1 N–H and O–H groups in total. The van der Waals surface area contributed by atoms with E-state index in [1.807, 2.05) is 12.1 Å². The molecule has 0 fully saturated rings. The van der Waals surface area contributed by atoms with Crippen LogP contribution in [0.1, 0.15) is 48.2 Å². The first-order valence-electron chi connectivity index (χ1n) is 8.62. The molecular formula is C20H20N2O5. The number of anilines is 1. The lowest BCUT2D eigenvalue weighted by Gasteiger charge is -2.33. The van der Waals surface area contributed by atoms with Gasteiger partial charge in [0.2, 0.25) is 0 Å². The first-order chi connectivity index (χ1) is 12.7. The van der Waals surface area contributed by atoms with Crippen molar-refractivity contribution in [2.75, 3.05) is 5.32 Å². The summed E-state index contributed by atoms with van der Waals surface area (Å²) >= 11 is 0. The lowest BCUT2D eigenvalue weighted by atomic mass is 9.86. The smallest absolute Gasteiger partial charge is 0.339 e. The van der Waals surface area contributed by atoms with Gasteiger partial charge in [-0.25, -0.2) is 4.79 Å². The standard InChI is InChI=1S/C20H20N2O5/c1-12(2)13-7-8-17-14(9-13)11-20(3,27-18(17)23)19(24)21-15-5-4-6-16(10-15)22(25)26/h4-10,12H,11H2,1-3H3,(H,21,24). The SMILES string of the molecule is CC(C)c1ccc2c(c1)CC(C)(C(=O)Nc1cccc([N+](=O)[O-])c1)OC2=O. The number of cyclic esters (lactones) is 1. The van der Waals surface area contributed by atoms with E-state index in [1.165, 1.54) is 18.2 Å². The number of fused-ring (bicyclic) bond motifs is 1. The van der Waals surface area contributed by atoms with Gasteiger partial charge in [0.05, 0.1) is 10.5 Å². The quantitative estimate of drug-likeness (QED) is 0.502. The van der Waals surface area contributed by atoms with Crippen molar-refractivity contribution in [3.63, 3.8) is 0 Å². The summed E-state index contributed by atoms with van der Waals surface area (Å²) in [5.74, 6) is -0.793. The van der Waals surface area contributed by atoms with Crippen molar-refractivity contribution >= 4 is 23.3 Å². The van der Waals surface area contributed by atoms with Crippen molar-refractivity contribution in [1.29, 1.82) is 0 Å². The molecule has 1 atom stereocenters. The number of nitro groups is 1. The number of nitrogens with zero attached hydrogens (tertiary/aromatic N) is 1. The van der Waals surface area contributed by atoms with E-state index in [-0.39, 0.29) is 23.7 Å². The van der Waals surface area contributed by atoms with Crippen molar-refractivity contribution in [2.24, 2.45) is 0 Å². The number of ether oxygens (including phenoxy) is 1. The summed E-state index contributed by atoms with van der Waals surface area (Å²) in [6.45, 7) is 5.65. The minimum atomic E-state index is -1.40. The monoisotopic (exact) mass is 368 g/mol. The van der Waals surface area contributed by atoms with E-state index in [0.29, 0.717) is 5.56 Å². The molecule has 7 nitrogen and oxygen atoms in total. The van der Waals surface area contributed by atoms with Crippen LogP contribution < -0.4 is 5.32 Å². The molecule has 1 aliphatic rings. The molecule has 0 aliphatic carbocycles. The number of nitrogens with one attached hydrogen (secondary N) is 1. The molecule has 1 unspecified atom stereocenters. The van der Waals surface area contributed by atoms with Crippen molar-refractivity contribution in [2.45, 2.75) is 38.7 Å². The molecule has 3 rings (SSSR count). The van der Waals surface area contributed by atoms with Gasteiger partial charge in [-0.15, -0.1) is 0 Å². The van der Waals surface area contributed by atoms with Gasteiger partial charge in [0.15, 0.2) is 5.60 Å². The van der Waals surface area contributed by atoms with Gasteiger partial charge in [-0.2, -0.15) is 0 Å². The van der Waals surface area contributed by atoms with Gasteiger partial charge in [0.1, 0.15) is 0 Å². The van der Waals surface area contributed by atoms with Crippen LogP contribution in [-0.4, -0.2) is 22.4 Å². The van der Waals surface area contributed by atoms with Crippen molar-refractivity contribution < 1.29 is 19.2 Å². The van der Waals surface area contributed by atoms with Crippen LogP contribution in [0.5, 0.6) is 0 Å². The number of carbonyl (C=O) groups is 2. The Hall–Kier alpha value is -3.22. The van der Waals surface area contributed by atoms with Crippen LogP contribution in [0.15, 0.2) is 42.5 Å². The average molecular weight is 368 g/mol. The van der Waals surface area contributed by atoms with Crippen LogP contribution in [0.4, 0.5) is 11.4 Å². The Balaban J connectivity index is 1.87. The van der Waals surface area contributed by atoms with Crippen LogP contribution in [-0.2, 0) is 16.0 Å². The number of nitro benzene ring substituents is 1. The van der Waals surface area contributed by atoms with E-state index in [0.717, 1.165) is 11.1 Å². The van der Waals surface area contributed by atoms with E-state index < -0.39 is 22.4 Å². The zero-order chi connectivity index (χ0) is 19.8. The highest BCUT2D eigenvalue weighted by molar-refractivity contribution is 6.02. The summed E-state index contributed by atoms with van der Waals surface area (Å²) in [6.07, 6.45) is 0.232. The lowest BCUT2D eigenvalue weighted by molar-refractivity contribution is -0.384. The molecule has 1 heterocycles. The Bertz CT molecular complexity index is 938. The van der Waals surface area contributed by atoms with Gasteiger partial charge in [-0.05, 0) is 36.1 Å². The number of hydrogen-bond donors (Lipinski definition) is 1. The van der Waals surface area contributed by atoms with Gasteiger partial charge >= 0.3 is 5.97 Å². The third kappa shape index (κ3) is 3.67. The number of amides is 1. The normalized spacial score (nSPS) is 18.6. The summed E-state index contributed by atoms with van der Waals surface area (Å²) in [6, 6.07) is 11.2. The molecule has 2 aromatic carbocycles. The molecule has 140 valence electrons. The van der Waals surface area contributed by atoms with Crippen molar-refractivity contribution in [3.8, 4) is 0 Å². The Morgan fingerprint density at radius 2 is 2.00 bits per heavy atom. The van der Waals surface area contributed by atoms with Crippen molar-refractivity contribution in [3.05, 3.63) is 69.3 Å². The summed E-state index contributed by atoms with van der Waals surface area (Å²) in [7, 11) is 0. The summed E-state index contributed by atoms with van der Waals surface area (Å²) < 4.78 is 5.43. The Morgan fingerprint density at radius 3 is 2.67 bits per heavy atom. The molecule has 0 bridgehead atoms. The maximum atomic E-state index is 12.8. The first-order valence-corrected chi connectivity index (χ1v) is 8.62. The predicted octanol–water partition coefficient (Wildman–Crippen LogP) is 3.83. The molecular weight excluding hydrogens is 348 g/mol. The topological polar surface area (TPSA) is 98.5 Å². The predicted molar refractivity (Wildman–Crippen MR) is 99.8 cm³/mol. The second-order valence-electron chi connectivity index (χ2n) is 7.13. The first kappa shape index (κ1) is 18.6. The maximum absolute atomic E-state index is 12.8. The lowest BCUT2D eigenvalue weighted by Crippen LogP contribution is -2.49. The van der Waals surface area contributed by atoms with Gasteiger partial charge in [-0.3, -0.25) is 14.9 Å². The Morgan fingerprint density at radius 1 is 1.26 bits per heavy atom. The number of rotatable bonds is 4. The fraction of sp³-hybridized carbons (Fsp3) is 0.300. The number of hydrogen-bond acceptors (Lipinski definition) is 5. The van der Waals surface area contributed by atoms with Crippen LogP contribution in [0.2, 0.25) is 0 Å². The fourth-order valence-corrected chi connectivity index (χ4v) is 3.06. The molecule has 1 amide bonds. The molecule has 27 heavy (non-hydrogen) atoms. The highest BCUT2D eigenvalue weighted by Gasteiger charge is 2.43. The summed E-state index contributed by atoms with van der Waals surface area (Å²) in [4.78, 5) is 35.5. The van der Waals surface area contributed by atoms with E-state index >= 15 is 0 Å². The zero-order valence-corrected chi connectivity index (χ0v) is 15.3. The zero-order valence-electron chi connectivity index (χ0n) is 15.3. The van der Waals surface area contributed by atoms with Gasteiger partial charge in [0, 0.05) is 24.2 Å². The number of esters is 1. The van der Waals surface area contributed by atoms with E-state index in [4.69, 9.17) is 4.74 Å². The molecule has 0 saturated heterocycles. The second kappa shape index (κ2) is 6.83. The van der Waals surface area contributed by atoms with E-state index in [1.54, 1.807) is 19.1 Å². The Kier molecular flexibility index (Phi) is 4.70. The van der Waals surface area contributed by atoms with Gasteiger partial charge in [-0.1, -0.05) is 32.0 Å². The molecule has 0 aromatic heterocycles. The van der Waals surface area contributed by atoms with Crippen LogP contribution in [0, 0.1) is 10.1 Å². The summed E-state index contributed by atoms with van der Waals surface area (Å²) in [5.41, 5.74) is 1.03.